The number of anilines is 2. The zero-order valence-electron chi connectivity index (χ0n) is 25.3. The van der Waals surface area contributed by atoms with Gasteiger partial charge in [-0.3, -0.25) is 14.4 Å². The molecular weight excluding hydrogens is 658 g/mol. The van der Waals surface area contributed by atoms with E-state index in [4.69, 9.17) is 0 Å². The fraction of sp³-hybridized carbons (Fsp3) is 0.0789. The first kappa shape index (κ1) is 32.5. The highest BCUT2D eigenvalue weighted by molar-refractivity contribution is 9.10. The number of carbonyl (C=O) groups excluding carboxylic acids is 3. The minimum atomic E-state index is -0.504. The number of halogens is 1. The summed E-state index contributed by atoms with van der Waals surface area (Å²) in [6.45, 7) is 4.01. The lowest BCUT2D eigenvalue weighted by Crippen LogP contribution is -2.30. The number of nitrogens with one attached hydrogen (secondary N) is 3. The molecule has 1 atom stereocenters. The minimum Gasteiger partial charge on any atom is -0.325 e. The van der Waals surface area contributed by atoms with Gasteiger partial charge >= 0.3 is 0 Å². The summed E-state index contributed by atoms with van der Waals surface area (Å²) in [6, 6.07) is 39.1. The lowest BCUT2D eigenvalue weighted by atomic mass is 10.1. The lowest BCUT2D eigenvalue weighted by molar-refractivity contribution is -0.116. The summed E-state index contributed by atoms with van der Waals surface area (Å²) in [5.41, 5.74) is 5.60. The Hall–Kier alpha value is -4.92. The molecule has 1 unspecified atom stereocenters. The van der Waals surface area contributed by atoms with Gasteiger partial charge in [0.1, 0.15) is 10.9 Å². The van der Waals surface area contributed by atoms with Gasteiger partial charge in [0.25, 0.3) is 11.8 Å². The SMILES string of the molecule is Cc1cc(C)cc(NC(=O)C(Sc2ccc(NC(=O)/C(=C/c3cccc(Br)c3)NC(=O)c3ccccc3)cc2)c2ccccc2)c1. The summed E-state index contributed by atoms with van der Waals surface area (Å²) in [6.07, 6.45) is 1.63. The van der Waals surface area contributed by atoms with Gasteiger partial charge in [0, 0.05) is 26.3 Å². The molecule has 0 aromatic heterocycles. The van der Waals surface area contributed by atoms with Gasteiger partial charge in [-0.25, -0.2) is 0 Å². The van der Waals surface area contributed by atoms with Crippen molar-refractivity contribution in [3.05, 3.63) is 165 Å². The molecule has 230 valence electrons. The standard InChI is InChI=1S/C38H32BrN3O3S/c1-25-20-26(2)22-32(21-25)41-38(45)35(28-11-5-3-6-12-28)46-33-18-16-31(17-19-33)40-37(44)34(24-27-10-9-15-30(39)23-27)42-36(43)29-13-7-4-8-14-29/h3-24,35H,1-2H3,(H,40,44)(H,41,45)(H,42,43)/b34-24-. The summed E-state index contributed by atoms with van der Waals surface area (Å²) < 4.78 is 0.847. The van der Waals surface area contributed by atoms with E-state index >= 15 is 0 Å². The van der Waals surface area contributed by atoms with Crippen molar-refractivity contribution in [3.8, 4) is 0 Å². The van der Waals surface area contributed by atoms with Crippen LogP contribution in [0.4, 0.5) is 11.4 Å². The Labute approximate surface area is 281 Å². The summed E-state index contributed by atoms with van der Waals surface area (Å²) in [5, 5.41) is 8.23. The van der Waals surface area contributed by atoms with Gasteiger partial charge < -0.3 is 16.0 Å². The third-order valence-corrected chi connectivity index (χ3v) is 8.64. The maximum atomic E-state index is 13.6. The Morgan fingerprint density at radius 1 is 0.696 bits per heavy atom. The van der Waals surface area contributed by atoms with Crippen LogP contribution in [0.15, 0.2) is 142 Å². The average molecular weight is 691 g/mol. The Morgan fingerprint density at radius 2 is 1.35 bits per heavy atom. The first-order valence-corrected chi connectivity index (χ1v) is 16.3. The first-order valence-electron chi connectivity index (χ1n) is 14.6. The van der Waals surface area contributed by atoms with Crippen LogP contribution in [0, 0.1) is 13.8 Å². The largest absolute Gasteiger partial charge is 0.325 e. The van der Waals surface area contributed by atoms with Crippen molar-refractivity contribution in [2.75, 3.05) is 10.6 Å². The number of amides is 3. The molecule has 0 saturated carbocycles. The second-order valence-electron chi connectivity index (χ2n) is 10.7. The van der Waals surface area contributed by atoms with Crippen molar-refractivity contribution in [2.45, 2.75) is 24.0 Å². The van der Waals surface area contributed by atoms with E-state index in [1.54, 1.807) is 42.5 Å². The van der Waals surface area contributed by atoms with Crippen LogP contribution in [-0.2, 0) is 9.59 Å². The van der Waals surface area contributed by atoms with Gasteiger partial charge in [0.15, 0.2) is 0 Å². The van der Waals surface area contributed by atoms with E-state index < -0.39 is 17.1 Å². The topological polar surface area (TPSA) is 87.3 Å². The minimum absolute atomic E-state index is 0.0950. The highest BCUT2D eigenvalue weighted by Gasteiger charge is 2.23. The van der Waals surface area contributed by atoms with Crippen LogP contribution in [-0.4, -0.2) is 17.7 Å². The summed E-state index contributed by atoms with van der Waals surface area (Å²) in [5.74, 6) is -0.996. The molecule has 0 fully saturated rings. The molecule has 3 amide bonds. The number of hydrogen-bond acceptors (Lipinski definition) is 4. The van der Waals surface area contributed by atoms with Crippen molar-refractivity contribution < 1.29 is 14.4 Å². The number of benzene rings is 5. The van der Waals surface area contributed by atoms with E-state index in [1.165, 1.54) is 11.8 Å². The van der Waals surface area contributed by atoms with Crippen LogP contribution >= 0.6 is 27.7 Å². The zero-order chi connectivity index (χ0) is 32.5. The van der Waals surface area contributed by atoms with Crippen LogP contribution in [0.3, 0.4) is 0 Å². The van der Waals surface area contributed by atoms with Crippen molar-refractivity contribution in [1.29, 1.82) is 0 Å². The fourth-order valence-corrected chi connectivity index (χ4v) is 6.25. The van der Waals surface area contributed by atoms with E-state index in [0.717, 1.165) is 37.3 Å². The number of thioether (sulfide) groups is 1. The molecule has 0 bridgehead atoms. The molecule has 0 radical (unpaired) electrons. The molecule has 0 spiro atoms. The molecule has 0 heterocycles. The van der Waals surface area contributed by atoms with Gasteiger partial charge in [-0.1, -0.05) is 82.7 Å². The van der Waals surface area contributed by atoms with Gasteiger partial charge in [-0.05, 0) is 103 Å². The van der Waals surface area contributed by atoms with Crippen LogP contribution in [0.1, 0.15) is 37.9 Å². The molecule has 6 nitrogen and oxygen atoms in total. The van der Waals surface area contributed by atoms with E-state index in [9.17, 15) is 14.4 Å². The Bertz CT molecular complexity index is 1860. The van der Waals surface area contributed by atoms with E-state index in [2.05, 4.69) is 37.9 Å². The lowest BCUT2D eigenvalue weighted by Gasteiger charge is -2.18. The molecule has 0 aliphatic rings. The van der Waals surface area contributed by atoms with Gasteiger partial charge in [-0.2, -0.15) is 0 Å². The average Bonchev–Trinajstić information content (AvgIpc) is 3.04. The second kappa shape index (κ2) is 15.4. The number of hydrogen-bond donors (Lipinski definition) is 3. The van der Waals surface area contributed by atoms with Crippen molar-refractivity contribution in [1.82, 2.24) is 5.32 Å². The van der Waals surface area contributed by atoms with Gasteiger partial charge in [0.05, 0.1) is 0 Å². The summed E-state index contributed by atoms with van der Waals surface area (Å²) in [4.78, 5) is 40.8. The highest BCUT2D eigenvalue weighted by atomic mass is 79.9. The van der Waals surface area contributed by atoms with E-state index in [1.807, 2.05) is 98.8 Å². The molecule has 3 N–H and O–H groups in total. The third kappa shape index (κ3) is 9.06. The quantitative estimate of drug-likeness (QED) is 0.101. The van der Waals surface area contributed by atoms with Gasteiger partial charge in [-0.15, -0.1) is 11.8 Å². The fourth-order valence-electron chi connectivity index (χ4n) is 4.81. The van der Waals surface area contributed by atoms with Crippen LogP contribution in [0.2, 0.25) is 0 Å². The number of carbonyl (C=O) groups is 3. The maximum Gasteiger partial charge on any atom is 0.272 e. The Balaban J connectivity index is 1.33. The predicted octanol–water partition coefficient (Wildman–Crippen LogP) is 8.95. The third-order valence-electron chi connectivity index (χ3n) is 6.88. The van der Waals surface area contributed by atoms with Crippen LogP contribution in [0.5, 0.6) is 0 Å². The Morgan fingerprint density at radius 3 is 2.00 bits per heavy atom. The molecule has 5 aromatic rings. The zero-order valence-corrected chi connectivity index (χ0v) is 27.7. The molecule has 0 aliphatic carbocycles. The van der Waals surface area contributed by atoms with E-state index in [-0.39, 0.29) is 11.6 Å². The van der Waals surface area contributed by atoms with E-state index in [0.29, 0.717) is 11.3 Å². The molecule has 0 aliphatic heterocycles. The van der Waals surface area contributed by atoms with Crippen molar-refractivity contribution in [2.24, 2.45) is 0 Å². The van der Waals surface area contributed by atoms with Crippen molar-refractivity contribution in [3.63, 3.8) is 0 Å². The normalized spacial score (nSPS) is 11.8. The smallest absolute Gasteiger partial charge is 0.272 e. The second-order valence-corrected chi connectivity index (χ2v) is 12.8. The highest BCUT2D eigenvalue weighted by Crippen LogP contribution is 2.37. The molecule has 5 aromatic carbocycles. The van der Waals surface area contributed by atoms with Crippen molar-refractivity contribution >= 4 is 62.9 Å². The first-order chi connectivity index (χ1) is 22.2. The maximum absolute atomic E-state index is 13.6. The molecule has 8 heteroatoms. The van der Waals surface area contributed by atoms with Crippen LogP contribution in [0.25, 0.3) is 6.08 Å². The molecule has 46 heavy (non-hydrogen) atoms. The monoisotopic (exact) mass is 689 g/mol. The predicted molar refractivity (Wildman–Crippen MR) is 191 cm³/mol. The molecule has 5 rings (SSSR count). The summed E-state index contributed by atoms with van der Waals surface area (Å²) in [7, 11) is 0. The summed E-state index contributed by atoms with van der Waals surface area (Å²) >= 11 is 4.88. The number of aryl methyl sites for hydroxylation is 2. The van der Waals surface area contributed by atoms with Crippen LogP contribution < -0.4 is 16.0 Å². The molecule has 0 saturated heterocycles. The molecular formula is C38H32BrN3O3S. The Kier molecular flexibility index (Phi) is 10.9. The number of rotatable bonds is 10. The van der Waals surface area contributed by atoms with Gasteiger partial charge in [0.2, 0.25) is 5.91 Å².